The van der Waals surface area contributed by atoms with Gasteiger partial charge in [0.15, 0.2) is 29.5 Å². The van der Waals surface area contributed by atoms with E-state index in [1.807, 2.05) is 0 Å². The SMILES string of the molecule is Nc1nc(F)nc2c1ncn2[C@@H]1CO[C@@H](CO)O1. The number of hydrogen-bond acceptors (Lipinski definition) is 7. The fourth-order valence-corrected chi connectivity index (χ4v) is 1.81. The van der Waals surface area contributed by atoms with E-state index in [1.54, 1.807) is 0 Å². The highest BCUT2D eigenvalue weighted by molar-refractivity contribution is 5.81. The third-order valence-electron chi connectivity index (χ3n) is 2.61. The fraction of sp³-hybridized carbons (Fsp3) is 0.444. The molecule has 2 aromatic heterocycles. The summed E-state index contributed by atoms with van der Waals surface area (Å²) in [7, 11) is 0. The molecule has 0 unspecified atom stereocenters. The van der Waals surface area contributed by atoms with Crippen LogP contribution >= 0.6 is 0 Å². The molecule has 9 heteroatoms. The molecule has 0 bridgehead atoms. The van der Waals surface area contributed by atoms with Gasteiger partial charge in [-0.3, -0.25) is 4.57 Å². The van der Waals surface area contributed by atoms with Crippen molar-refractivity contribution in [2.24, 2.45) is 0 Å². The number of hydrogen-bond donors (Lipinski definition) is 2. The molecule has 3 N–H and O–H groups in total. The molecule has 0 aromatic carbocycles. The highest BCUT2D eigenvalue weighted by atomic mass is 19.1. The van der Waals surface area contributed by atoms with Crippen molar-refractivity contribution in [3.05, 3.63) is 12.4 Å². The quantitative estimate of drug-likeness (QED) is 0.690. The van der Waals surface area contributed by atoms with Gasteiger partial charge >= 0.3 is 6.08 Å². The zero-order valence-corrected chi connectivity index (χ0v) is 9.15. The molecule has 1 aliphatic rings. The summed E-state index contributed by atoms with van der Waals surface area (Å²) in [5, 5.41) is 8.90. The molecule has 0 amide bonds. The molecule has 0 aliphatic carbocycles. The molecule has 96 valence electrons. The number of ether oxygens (including phenoxy) is 2. The molecule has 3 heterocycles. The Balaban J connectivity index is 2.03. The lowest BCUT2D eigenvalue weighted by molar-refractivity contribution is -0.0980. The van der Waals surface area contributed by atoms with Gasteiger partial charge < -0.3 is 20.3 Å². The molecule has 0 saturated carbocycles. The molecule has 3 rings (SSSR count). The Morgan fingerprint density at radius 3 is 3.11 bits per heavy atom. The lowest BCUT2D eigenvalue weighted by Gasteiger charge is -2.11. The van der Waals surface area contributed by atoms with E-state index in [-0.39, 0.29) is 24.7 Å². The van der Waals surface area contributed by atoms with E-state index in [2.05, 4.69) is 15.0 Å². The van der Waals surface area contributed by atoms with Crippen LogP contribution in [-0.2, 0) is 9.47 Å². The average Bonchev–Trinajstić information content (AvgIpc) is 2.93. The maximum absolute atomic E-state index is 13.1. The number of halogens is 1. The zero-order chi connectivity index (χ0) is 12.7. The lowest BCUT2D eigenvalue weighted by Crippen LogP contribution is -2.15. The van der Waals surface area contributed by atoms with Gasteiger partial charge in [-0.1, -0.05) is 0 Å². The first-order valence-electron chi connectivity index (χ1n) is 5.22. The van der Waals surface area contributed by atoms with E-state index in [0.29, 0.717) is 5.52 Å². The molecule has 1 aliphatic heterocycles. The van der Waals surface area contributed by atoms with Crippen molar-refractivity contribution in [2.45, 2.75) is 12.5 Å². The van der Waals surface area contributed by atoms with Crippen molar-refractivity contribution in [1.82, 2.24) is 19.5 Å². The number of rotatable bonds is 2. The average molecular weight is 255 g/mol. The van der Waals surface area contributed by atoms with Crippen LogP contribution in [0.15, 0.2) is 6.33 Å². The molecule has 2 atom stereocenters. The van der Waals surface area contributed by atoms with Gasteiger partial charge in [-0.25, -0.2) is 4.98 Å². The molecule has 1 saturated heterocycles. The standard InChI is InChI=1S/C9H10FN5O3/c10-9-13-7(11)6-8(14-9)15(3-12-6)4-2-17-5(1-16)18-4/h3-5,16H,1-2H2,(H2,11,13,14)/t4-,5+/m0/s1. The Labute approximate surface area is 100 Å². The minimum absolute atomic E-state index is 0.0335. The maximum atomic E-state index is 13.1. The molecule has 0 radical (unpaired) electrons. The minimum atomic E-state index is -0.931. The largest absolute Gasteiger partial charge is 0.391 e. The van der Waals surface area contributed by atoms with Gasteiger partial charge in [0.2, 0.25) is 0 Å². The topological polar surface area (TPSA) is 108 Å². The molecular formula is C9H10FN5O3. The van der Waals surface area contributed by atoms with Crippen LogP contribution in [0.3, 0.4) is 0 Å². The van der Waals surface area contributed by atoms with Gasteiger partial charge in [0.05, 0.1) is 19.5 Å². The zero-order valence-electron chi connectivity index (χ0n) is 9.15. The Morgan fingerprint density at radius 2 is 2.39 bits per heavy atom. The number of nitrogen functional groups attached to an aromatic ring is 1. The second kappa shape index (κ2) is 4.12. The molecule has 2 aromatic rings. The molecule has 8 nitrogen and oxygen atoms in total. The minimum Gasteiger partial charge on any atom is -0.391 e. The Bertz CT molecular complexity index is 589. The van der Waals surface area contributed by atoms with Crippen LogP contribution in [0.2, 0.25) is 0 Å². The number of aromatic nitrogens is 4. The van der Waals surface area contributed by atoms with Gasteiger partial charge in [0.1, 0.15) is 0 Å². The normalized spacial score (nSPS) is 23.9. The molecule has 1 fully saturated rings. The fourth-order valence-electron chi connectivity index (χ4n) is 1.81. The van der Waals surface area contributed by atoms with Crippen LogP contribution in [-0.4, -0.2) is 44.1 Å². The van der Waals surface area contributed by atoms with Gasteiger partial charge in [-0.05, 0) is 0 Å². The number of imidazole rings is 1. The maximum Gasteiger partial charge on any atom is 0.312 e. The van der Waals surface area contributed by atoms with Crippen LogP contribution in [0.5, 0.6) is 0 Å². The first kappa shape index (κ1) is 11.3. The van der Waals surface area contributed by atoms with Gasteiger partial charge in [0, 0.05) is 0 Å². The summed E-state index contributed by atoms with van der Waals surface area (Å²) in [6.07, 6.45) is -0.736. The summed E-state index contributed by atoms with van der Waals surface area (Å²) in [6.45, 7) is -0.0448. The smallest absolute Gasteiger partial charge is 0.312 e. The first-order valence-corrected chi connectivity index (χ1v) is 5.22. The van der Waals surface area contributed by atoms with Crippen LogP contribution in [0, 0.1) is 6.08 Å². The summed E-state index contributed by atoms with van der Waals surface area (Å²) in [6, 6.07) is 0. The van der Waals surface area contributed by atoms with E-state index in [0.717, 1.165) is 0 Å². The van der Waals surface area contributed by atoms with Gasteiger partial charge in [0.25, 0.3) is 0 Å². The third-order valence-corrected chi connectivity index (χ3v) is 2.61. The second-order valence-corrected chi connectivity index (χ2v) is 3.74. The third kappa shape index (κ3) is 1.68. The van der Waals surface area contributed by atoms with Crippen molar-refractivity contribution >= 4 is 17.0 Å². The van der Waals surface area contributed by atoms with Gasteiger partial charge in [-0.15, -0.1) is 0 Å². The highest BCUT2D eigenvalue weighted by Gasteiger charge is 2.28. The molecular weight excluding hydrogens is 245 g/mol. The number of fused-ring (bicyclic) bond motifs is 1. The number of anilines is 1. The summed E-state index contributed by atoms with van der Waals surface area (Å²) < 4.78 is 25.2. The predicted molar refractivity (Wildman–Crippen MR) is 56.6 cm³/mol. The number of nitrogens with two attached hydrogens (primary N) is 1. The molecule has 18 heavy (non-hydrogen) atoms. The van der Waals surface area contributed by atoms with Crippen LogP contribution in [0.4, 0.5) is 10.2 Å². The Hall–Kier alpha value is -1.84. The van der Waals surface area contributed by atoms with Crippen molar-refractivity contribution in [2.75, 3.05) is 18.9 Å². The summed E-state index contributed by atoms with van der Waals surface area (Å²) in [5.41, 5.74) is 6.07. The summed E-state index contributed by atoms with van der Waals surface area (Å²) in [4.78, 5) is 11.0. The highest BCUT2D eigenvalue weighted by Crippen LogP contribution is 2.25. The van der Waals surface area contributed by atoms with Gasteiger partial charge in [-0.2, -0.15) is 14.4 Å². The second-order valence-electron chi connectivity index (χ2n) is 3.74. The van der Waals surface area contributed by atoms with E-state index >= 15 is 0 Å². The van der Waals surface area contributed by atoms with Crippen LogP contribution in [0.25, 0.3) is 11.2 Å². The predicted octanol–water partition coefficient (Wildman–Crippen LogP) is -0.589. The van der Waals surface area contributed by atoms with E-state index in [9.17, 15) is 4.39 Å². The summed E-state index contributed by atoms with van der Waals surface area (Å²) in [5.74, 6) is -0.0335. The van der Waals surface area contributed by atoms with E-state index in [4.69, 9.17) is 20.3 Å². The Kier molecular flexibility index (Phi) is 2.58. The van der Waals surface area contributed by atoms with Crippen molar-refractivity contribution < 1.29 is 19.0 Å². The number of aliphatic hydroxyl groups excluding tert-OH is 1. The van der Waals surface area contributed by atoms with Crippen molar-refractivity contribution in [1.29, 1.82) is 0 Å². The first-order chi connectivity index (χ1) is 8.69. The van der Waals surface area contributed by atoms with Crippen LogP contribution in [0.1, 0.15) is 6.23 Å². The lowest BCUT2D eigenvalue weighted by atomic mass is 10.5. The van der Waals surface area contributed by atoms with E-state index in [1.165, 1.54) is 10.9 Å². The number of aliphatic hydroxyl groups is 1. The number of nitrogens with zero attached hydrogens (tertiary/aromatic N) is 4. The van der Waals surface area contributed by atoms with Crippen molar-refractivity contribution in [3.8, 4) is 0 Å². The Morgan fingerprint density at radius 1 is 1.56 bits per heavy atom. The van der Waals surface area contributed by atoms with E-state index < -0.39 is 18.6 Å². The molecule has 0 spiro atoms. The van der Waals surface area contributed by atoms with Crippen LogP contribution < -0.4 is 5.73 Å². The van der Waals surface area contributed by atoms with Crippen molar-refractivity contribution in [3.63, 3.8) is 0 Å². The monoisotopic (exact) mass is 255 g/mol. The summed E-state index contributed by atoms with van der Waals surface area (Å²) >= 11 is 0.